The zero-order valence-electron chi connectivity index (χ0n) is 12.6. The number of carboxylic acids is 1. The van der Waals surface area contributed by atoms with Crippen molar-refractivity contribution in [3.05, 3.63) is 29.8 Å². The Hall–Kier alpha value is -1.55. The van der Waals surface area contributed by atoms with E-state index in [1.165, 1.54) is 19.3 Å². The first-order valence-corrected chi connectivity index (χ1v) is 7.85. The molecular formula is C17H25NO3. The molecule has 0 bridgehead atoms. The van der Waals surface area contributed by atoms with E-state index >= 15 is 0 Å². The van der Waals surface area contributed by atoms with Gasteiger partial charge in [0.05, 0.1) is 0 Å². The van der Waals surface area contributed by atoms with Crippen molar-refractivity contribution < 1.29 is 15.0 Å². The van der Waals surface area contributed by atoms with Crippen LogP contribution in [0.1, 0.15) is 51.0 Å². The number of rotatable bonds is 6. The molecule has 2 rings (SSSR count). The highest BCUT2D eigenvalue weighted by Gasteiger charge is 2.38. The monoisotopic (exact) mass is 291 g/mol. The Morgan fingerprint density at radius 3 is 2.38 bits per heavy atom. The molecule has 0 saturated heterocycles. The lowest BCUT2D eigenvalue weighted by molar-refractivity contribution is -0.145. The molecule has 0 radical (unpaired) electrons. The maximum absolute atomic E-state index is 11.9. The van der Waals surface area contributed by atoms with E-state index in [2.05, 4.69) is 5.32 Å². The molecule has 0 unspecified atom stereocenters. The van der Waals surface area contributed by atoms with Crippen LogP contribution in [-0.2, 0) is 11.2 Å². The summed E-state index contributed by atoms with van der Waals surface area (Å²) in [6.07, 6.45) is 6.71. The van der Waals surface area contributed by atoms with Gasteiger partial charge in [0.15, 0.2) is 0 Å². The molecule has 1 aromatic carbocycles. The zero-order chi connectivity index (χ0) is 15.3. The predicted octanol–water partition coefficient (Wildman–Crippen LogP) is 3.09. The Kier molecular flexibility index (Phi) is 5.23. The normalized spacial score (nSPS) is 19.1. The molecule has 0 aliphatic heterocycles. The Balaban J connectivity index is 2.15. The number of phenolic OH excluding ortho intramolecular Hbond substituents is 1. The van der Waals surface area contributed by atoms with Crippen molar-refractivity contribution in [3.8, 4) is 5.75 Å². The van der Waals surface area contributed by atoms with Crippen LogP contribution in [0.5, 0.6) is 5.75 Å². The zero-order valence-corrected chi connectivity index (χ0v) is 12.6. The van der Waals surface area contributed by atoms with Gasteiger partial charge in [-0.05, 0) is 37.0 Å². The minimum absolute atomic E-state index is 0.205. The molecule has 1 atom stereocenters. The van der Waals surface area contributed by atoms with Crippen LogP contribution in [-0.4, -0.2) is 27.8 Å². The molecule has 0 spiro atoms. The van der Waals surface area contributed by atoms with Crippen molar-refractivity contribution in [2.24, 2.45) is 0 Å². The number of aliphatic carboxylic acids is 1. The second kappa shape index (κ2) is 6.94. The minimum Gasteiger partial charge on any atom is -0.508 e. The Labute approximate surface area is 126 Å². The van der Waals surface area contributed by atoms with E-state index in [0.717, 1.165) is 18.4 Å². The molecule has 116 valence electrons. The van der Waals surface area contributed by atoms with Crippen molar-refractivity contribution in [1.29, 1.82) is 0 Å². The second-order valence-electron chi connectivity index (χ2n) is 6.06. The molecule has 21 heavy (non-hydrogen) atoms. The number of carboxylic acid groups (broad SMARTS) is 1. The number of carbonyl (C=O) groups is 1. The van der Waals surface area contributed by atoms with E-state index in [1.54, 1.807) is 24.3 Å². The van der Waals surface area contributed by atoms with Gasteiger partial charge in [-0.2, -0.15) is 0 Å². The molecule has 0 amide bonds. The van der Waals surface area contributed by atoms with Gasteiger partial charge in [-0.1, -0.05) is 38.3 Å². The van der Waals surface area contributed by atoms with Crippen LogP contribution in [0, 0.1) is 0 Å². The largest absolute Gasteiger partial charge is 0.508 e. The summed E-state index contributed by atoms with van der Waals surface area (Å²) in [6.45, 7) is 1.92. The minimum atomic E-state index is -0.918. The Bertz CT molecular complexity index is 465. The first-order valence-electron chi connectivity index (χ1n) is 7.85. The van der Waals surface area contributed by atoms with Gasteiger partial charge in [-0.25, -0.2) is 0 Å². The van der Waals surface area contributed by atoms with Crippen LogP contribution in [0.2, 0.25) is 0 Å². The summed E-state index contributed by atoms with van der Waals surface area (Å²) in [5, 5.41) is 22.5. The van der Waals surface area contributed by atoms with Crippen LogP contribution in [0.3, 0.4) is 0 Å². The van der Waals surface area contributed by atoms with E-state index in [1.807, 2.05) is 6.92 Å². The van der Waals surface area contributed by atoms with Crippen molar-refractivity contribution in [3.63, 3.8) is 0 Å². The van der Waals surface area contributed by atoms with E-state index in [-0.39, 0.29) is 5.75 Å². The summed E-state index contributed by atoms with van der Waals surface area (Å²) >= 11 is 0. The lowest BCUT2D eigenvalue weighted by Gasteiger charge is -2.36. The van der Waals surface area contributed by atoms with Crippen LogP contribution < -0.4 is 5.32 Å². The lowest BCUT2D eigenvalue weighted by atomic mass is 9.85. The van der Waals surface area contributed by atoms with Crippen LogP contribution in [0.4, 0.5) is 0 Å². The lowest BCUT2D eigenvalue weighted by Crippen LogP contribution is -2.57. The first kappa shape index (κ1) is 15.8. The third-order valence-corrected chi connectivity index (χ3v) is 4.54. The smallest absolute Gasteiger partial charge is 0.324 e. The van der Waals surface area contributed by atoms with E-state index in [9.17, 15) is 15.0 Å². The molecule has 0 aromatic heterocycles. The molecule has 1 aliphatic carbocycles. The van der Waals surface area contributed by atoms with Crippen molar-refractivity contribution in [2.45, 2.75) is 63.5 Å². The second-order valence-corrected chi connectivity index (χ2v) is 6.06. The summed E-state index contributed by atoms with van der Waals surface area (Å²) in [4.78, 5) is 11.9. The van der Waals surface area contributed by atoms with E-state index in [0.29, 0.717) is 18.9 Å². The van der Waals surface area contributed by atoms with Gasteiger partial charge in [-0.15, -0.1) is 0 Å². The third-order valence-electron chi connectivity index (χ3n) is 4.54. The number of hydrogen-bond acceptors (Lipinski definition) is 3. The molecular weight excluding hydrogens is 266 g/mol. The maximum atomic E-state index is 11.9. The molecule has 4 heteroatoms. The number of nitrogens with one attached hydrogen (secondary N) is 1. The number of hydrogen-bond donors (Lipinski definition) is 3. The van der Waals surface area contributed by atoms with Gasteiger partial charge in [0, 0.05) is 12.5 Å². The highest BCUT2D eigenvalue weighted by molar-refractivity contribution is 5.79. The molecule has 4 nitrogen and oxygen atoms in total. The predicted molar refractivity (Wildman–Crippen MR) is 82.5 cm³/mol. The standard InChI is InChI=1S/C17H25NO3/c1-2-17(16(20)21,18-14-6-4-3-5-7-14)12-13-8-10-15(19)11-9-13/h8-11,14,18-19H,2-7,12H2,1H3,(H,20,21)/t17-/m0/s1. The van der Waals surface area contributed by atoms with E-state index in [4.69, 9.17) is 0 Å². The highest BCUT2D eigenvalue weighted by atomic mass is 16.4. The SMILES string of the molecule is CC[C@@](Cc1ccc(O)cc1)(NC1CCCCC1)C(=O)O. The summed E-state index contributed by atoms with van der Waals surface area (Å²) in [6, 6.07) is 7.11. The fourth-order valence-electron chi connectivity index (χ4n) is 3.17. The first-order chi connectivity index (χ1) is 10.1. The van der Waals surface area contributed by atoms with Crippen molar-refractivity contribution in [2.75, 3.05) is 0 Å². The average molecular weight is 291 g/mol. The van der Waals surface area contributed by atoms with Gasteiger partial charge in [0.25, 0.3) is 0 Å². The van der Waals surface area contributed by atoms with Crippen LogP contribution >= 0.6 is 0 Å². The highest BCUT2D eigenvalue weighted by Crippen LogP contribution is 2.25. The summed E-state index contributed by atoms with van der Waals surface area (Å²) in [5.74, 6) is -0.583. The quantitative estimate of drug-likeness (QED) is 0.753. The number of aromatic hydroxyl groups is 1. The van der Waals surface area contributed by atoms with Crippen LogP contribution in [0.15, 0.2) is 24.3 Å². The fraction of sp³-hybridized carbons (Fsp3) is 0.588. The van der Waals surface area contributed by atoms with Gasteiger partial charge in [0.2, 0.25) is 0 Å². The molecule has 1 fully saturated rings. The molecule has 1 aliphatic rings. The summed E-state index contributed by atoms with van der Waals surface area (Å²) < 4.78 is 0. The summed E-state index contributed by atoms with van der Waals surface area (Å²) in [5.41, 5.74) is 0.0132. The summed E-state index contributed by atoms with van der Waals surface area (Å²) in [7, 11) is 0. The maximum Gasteiger partial charge on any atom is 0.324 e. The third kappa shape index (κ3) is 3.97. The molecule has 0 heterocycles. The van der Waals surface area contributed by atoms with Crippen LogP contribution in [0.25, 0.3) is 0 Å². The average Bonchev–Trinajstić information content (AvgIpc) is 2.49. The topological polar surface area (TPSA) is 69.6 Å². The van der Waals surface area contributed by atoms with Crippen molar-refractivity contribution in [1.82, 2.24) is 5.32 Å². The fourth-order valence-corrected chi connectivity index (χ4v) is 3.17. The molecule has 1 aromatic rings. The number of benzene rings is 1. The molecule has 3 N–H and O–H groups in total. The van der Waals surface area contributed by atoms with E-state index < -0.39 is 11.5 Å². The Morgan fingerprint density at radius 1 is 1.24 bits per heavy atom. The molecule has 1 saturated carbocycles. The van der Waals surface area contributed by atoms with Gasteiger partial charge >= 0.3 is 5.97 Å². The van der Waals surface area contributed by atoms with Gasteiger partial charge in [0.1, 0.15) is 11.3 Å². The van der Waals surface area contributed by atoms with Gasteiger partial charge < -0.3 is 10.2 Å². The Morgan fingerprint density at radius 2 is 1.86 bits per heavy atom. The number of phenols is 1. The van der Waals surface area contributed by atoms with Gasteiger partial charge in [-0.3, -0.25) is 10.1 Å². The van der Waals surface area contributed by atoms with Crippen molar-refractivity contribution >= 4 is 5.97 Å².